The molecule has 0 aromatic carbocycles. The summed E-state index contributed by atoms with van der Waals surface area (Å²) in [7, 11) is 0. The molecular formula is C11H22F3N. The van der Waals surface area contributed by atoms with Crippen LogP contribution in [0.3, 0.4) is 0 Å². The number of hydrogen-bond acceptors (Lipinski definition) is 1. The van der Waals surface area contributed by atoms with E-state index in [4.69, 9.17) is 5.73 Å². The molecule has 0 radical (unpaired) electrons. The number of halogens is 3. The molecule has 0 aromatic heterocycles. The third kappa shape index (κ3) is 13.8. The van der Waals surface area contributed by atoms with E-state index in [2.05, 4.69) is 0 Å². The molecule has 0 amide bonds. The van der Waals surface area contributed by atoms with Gasteiger partial charge in [0, 0.05) is 6.42 Å². The molecule has 0 heterocycles. The molecule has 0 saturated heterocycles. The van der Waals surface area contributed by atoms with E-state index in [1.165, 1.54) is 0 Å². The second kappa shape index (κ2) is 9.01. The van der Waals surface area contributed by atoms with E-state index in [1.807, 2.05) is 0 Å². The van der Waals surface area contributed by atoms with Gasteiger partial charge < -0.3 is 5.73 Å². The molecular weight excluding hydrogens is 203 g/mol. The highest BCUT2D eigenvalue weighted by molar-refractivity contribution is 4.52. The van der Waals surface area contributed by atoms with Crippen molar-refractivity contribution >= 4 is 0 Å². The maximum absolute atomic E-state index is 11.8. The molecule has 1 nitrogen and oxygen atoms in total. The van der Waals surface area contributed by atoms with Crippen LogP contribution in [0.4, 0.5) is 13.2 Å². The average Bonchev–Trinajstić information content (AvgIpc) is 2.14. The highest BCUT2D eigenvalue weighted by Gasteiger charge is 2.25. The molecule has 0 saturated carbocycles. The van der Waals surface area contributed by atoms with E-state index in [-0.39, 0.29) is 6.42 Å². The minimum Gasteiger partial charge on any atom is -0.330 e. The molecule has 92 valence electrons. The lowest BCUT2D eigenvalue weighted by atomic mass is 10.1. The Kier molecular flexibility index (Phi) is 8.86. The summed E-state index contributed by atoms with van der Waals surface area (Å²) >= 11 is 0. The van der Waals surface area contributed by atoms with E-state index in [0.29, 0.717) is 6.42 Å². The zero-order chi connectivity index (χ0) is 11.6. The van der Waals surface area contributed by atoms with Crippen LogP contribution in [-0.2, 0) is 0 Å². The second-order valence-electron chi connectivity index (χ2n) is 3.98. The fraction of sp³-hybridized carbons (Fsp3) is 1.00. The maximum Gasteiger partial charge on any atom is 0.389 e. The second-order valence-corrected chi connectivity index (χ2v) is 3.98. The summed E-state index contributed by atoms with van der Waals surface area (Å²) < 4.78 is 35.3. The maximum atomic E-state index is 11.8. The van der Waals surface area contributed by atoms with Crippen molar-refractivity contribution < 1.29 is 13.2 Å². The topological polar surface area (TPSA) is 26.0 Å². The summed E-state index contributed by atoms with van der Waals surface area (Å²) in [4.78, 5) is 0. The van der Waals surface area contributed by atoms with E-state index >= 15 is 0 Å². The Morgan fingerprint density at radius 1 is 0.667 bits per heavy atom. The summed E-state index contributed by atoms with van der Waals surface area (Å²) in [5.74, 6) is 0. The van der Waals surface area contributed by atoms with Crippen molar-refractivity contribution in [3.8, 4) is 0 Å². The van der Waals surface area contributed by atoms with Crippen molar-refractivity contribution in [2.45, 2.75) is 64.0 Å². The van der Waals surface area contributed by atoms with Gasteiger partial charge in [-0.2, -0.15) is 13.2 Å². The molecule has 0 aromatic rings. The number of rotatable bonds is 9. The van der Waals surface area contributed by atoms with Crippen molar-refractivity contribution in [3.05, 3.63) is 0 Å². The number of alkyl halides is 3. The van der Waals surface area contributed by atoms with Gasteiger partial charge in [0.1, 0.15) is 0 Å². The van der Waals surface area contributed by atoms with Gasteiger partial charge >= 0.3 is 6.18 Å². The largest absolute Gasteiger partial charge is 0.389 e. The Morgan fingerprint density at radius 3 is 1.47 bits per heavy atom. The highest BCUT2D eigenvalue weighted by atomic mass is 19.4. The molecule has 0 aliphatic heterocycles. The van der Waals surface area contributed by atoms with Crippen molar-refractivity contribution in [2.75, 3.05) is 6.54 Å². The van der Waals surface area contributed by atoms with Crippen LogP contribution in [0.15, 0.2) is 0 Å². The van der Waals surface area contributed by atoms with Crippen LogP contribution in [-0.4, -0.2) is 12.7 Å². The van der Waals surface area contributed by atoms with Crippen LogP contribution < -0.4 is 5.73 Å². The lowest BCUT2D eigenvalue weighted by Gasteiger charge is -2.05. The van der Waals surface area contributed by atoms with Gasteiger partial charge in [-0.3, -0.25) is 0 Å². The average molecular weight is 225 g/mol. The first-order valence-electron chi connectivity index (χ1n) is 5.83. The highest BCUT2D eigenvalue weighted by Crippen LogP contribution is 2.23. The normalized spacial score (nSPS) is 12.0. The smallest absolute Gasteiger partial charge is 0.330 e. The minimum absolute atomic E-state index is 0.284. The van der Waals surface area contributed by atoms with Crippen LogP contribution in [0.25, 0.3) is 0 Å². The lowest BCUT2D eigenvalue weighted by Crippen LogP contribution is -2.06. The molecule has 0 fully saturated rings. The molecule has 4 heteroatoms. The Balaban J connectivity index is 2.99. The van der Waals surface area contributed by atoms with Crippen LogP contribution in [0.5, 0.6) is 0 Å². The molecule has 0 bridgehead atoms. The quantitative estimate of drug-likeness (QED) is 0.589. The Morgan fingerprint density at radius 2 is 1.07 bits per heavy atom. The minimum atomic E-state index is -3.97. The molecule has 0 aliphatic carbocycles. The van der Waals surface area contributed by atoms with Crippen molar-refractivity contribution in [1.29, 1.82) is 0 Å². The number of nitrogens with two attached hydrogens (primary N) is 1. The zero-order valence-electron chi connectivity index (χ0n) is 9.28. The third-order valence-electron chi connectivity index (χ3n) is 2.41. The molecule has 0 atom stereocenters. The Bertz CT molecular complexity index is 134. The van der Waals surface area contributed by atoms with Gasteiger partial charge in [-0.05, 0) is 19.4 Å². The molecule has 2 N–H and O–H groups in total. The van der Waals surface area contributed by atoms with Gasteiger partial charge in [-0.1, -0.05) is 38.5 Å². The van der Waals surface area contributed by atoms with Crippen LogP contribution >= 0.6 is 0 Å². The number of hydrogen-bond donors (Lipinski definition) is 1. The molecule has 0 aliphatic rings. The first-order chi connectivity index (χ1) is 7.06. The number of unbranched alkanes of at least 4 members (excludes halogenated alkanes) is 7. The SMILES string of the molecule is NCCCCCCCCCCC(F)(F)F. The molecule has 15 heavy (non-hydrogen) atoms. The van der Waals surface area contributed by atoms with Gasteiger partial charge in [0.2, 0.25) is 0 Å². The fourth-order valence-corrected chi connectivity index (χ4v) is 1.53. The van der Waals surface area contributed by atoms with Crippen molar-refractivity contribution in [3.63, 3.8) is 0 Å². The van der Waals surface area contributed by atoms with Gasteiger partial charge in [0.25, 0.3) is 0 Å². The summed E-state index contributed by atoms with van der Waals surface area (Å²) in [5, 5.41) is 0. The first-order valence-corrected chi connectivity index (χ1v) is 5.83. The lowest BCUT2D eigenvalue weighted by molar-refractivity contribution is -0.135. The monoisotopic (exact) mass is 225 g/mol. The zero-order valence-corrected chi connectivity index (χ0v) is 9.28. The van der Waals surface area contributed by atoms with Gasteiger partial charge in [-0.25, -0.2) is 0 Å². The Hall–Kier alpha value is -0.250. The van der Waals surface area contributed by atoms with Crippen LogP contribution in [0.2, 0.25) is 0 Å². The molecule has 0 unspecified atom stereocenters. The summed E-state index contributed by atoms with van der Waals surface area (Å²) in [6, 6.07) is 0. The summed E-state index contributed by atoms with van der Waals surface area (Å²) in [6.07, 6.45) is 2.89. The first kappa shape index (κ1) is 14.8. The fourth-order valence-electron chi connectivity index (χ4n) is 1.53. The van der Waals surface area contributed by atoms with E-state index < -0.39 is 12.6 Å². The summed E-state index contributed by atoms with van der Waals surface area (Å²) in [6.45, 7) is 0.742. The standard InChI is InChI=1S/C11H22F3N/c12-11(13,14)9-7-5-3-1-2-4-6-8-10-15/h1-10,15H2. The van der Waals surface area contributed by atoms with E-state index in [0.717, 1.165) is 45.1 Å². The van der Waals surface area contributed by atoms with Gasteiger partial charge in [0.05, 0.1) is 0 Å². The van der Waals surface area contributed by atoms with Crippen LogP contribution in [0, 0.1) is 0 Å². The predicted molar refractivity (Wildman–Crippen MR) is 56.7 cm³/mol. The van der Waals surface area contributed by atoms with E-state index in [1.54, 1.807) is 0 Å². The van der Waals surface area contributed by atoms with Gasteiger partial charge in [0.15, 0.2) is 0 Å². The third-order valence-corrected chi connectivity index (χ3v) is 2.41. The molecule has 0 spiro atoms. The summed E-state index contributed by atoms with van der Waals surface area (Å²) in [5.41, 5.74) is 5.34. The van der Waals surface area contributed by atoms with Crippen LogP contribution in [0.1, 0.15) is 57.8 Å². The van der Waals surface area contributed by atoms with Gasteiger partial charge in [-0.15, -0.1) is 0 Å². The van der Waals surface area contributed by atoms with Crippen molar-refractivity contribution in [2.24, 2.45) is 5.73 Å². The predicted octanol–water partition coefficient (Wildman–Crippen LogP) is 4.02. The Labute approximate surface area is 90.2 Å². The molecule has 0 rings (SSSR count). The van der Waals surface area contributed by atoms with E-state index in [9.17, 15) is 13.2 Å². The van der Waals surface area contributed by atoms with Crippen molar-refractivity contribution in [1.82, 2.24) is 0 Å².